The van der Waals surface area contributed by atoms with Crippen molar-refractivity contribution in [2.24, 2.45) is 0 Å². The fraction of sp³-hybridized carbons (Fsp3) is 0.333. The molecule has 102 valence electrons. The first-order valence-electron chi connectivity index (χ1n) is 6.33. The molecule has 0 saturated carbocycles. The van der Waals surface area contributed by atoms with Crippen molar-refractivity contribution in [3.05, 3.63) is 41.5 Å². The monoisotopic (exact) mass is 261 g/mol. The summed E-state index contributed by atoms with van der Waals surface area (Å²) in [5.41, 5.74) is 2.14. The van der Waals surface area contributed by atoms with Crippen molar-refractivity contribution < 1.29 is 14.7 Å². The number of aliphatic carboxylic acids is 1. The quantitative estimate of drug-likeness (QED) is 0.585. The van der Waals surface area contributed by atoms with Gasteiger partial charge in [-0.1, -0.05) is 24.3 Å². The average Bonchev–Trinajstić information content (AvgIpc) is 2.37. The number of amides is 1. The molecule has 4 nitrogen and oxygen atoms in total. The molecule has 0 aliphatic heterocycles. The van der Waals surface area contributed by atoms with E-state index in [4.69, 9.17) is 5.11 Å². The summed E-state index contributed by atoms with van der Waals surface area (Å²) < 4.78 is 0. The lowest BCUT2D eigenvalue weighted by Crippen LogP contribution is -2.22. The molecule has 0 aliphatic carbocycles. The summed E-state index contributed by atoms with van der Waals surface area (Å²) in [6.07, 6.45) is 4.68. The SMILES string of the molecule is Cc1ccccc1C=CC(=O)NCCCCC(=O)O. The van der Waals surface area contributed by atoms with Crippen LogP contribution in [0.4, 0.5) is 0 Å². The molecule has 0 atom stereocenters. The van der Waals surface area contributed by atoms with Crippen LogP contribution in [0.2, 0.25) is 0 Å². The Bertz CT molecular complexity index is 466. The maximum absolute atomic E-state index is 11.5. The van der Waals surface area contributed by atoms with Crippen LogP contribution in [-0.4, -0.2) is 23.5 Å². The maximum Gasteiger partial charge on any atom is 0.303 e. The second-order valence-corrected chi connectivity index (χ2v) is 4.33. The molecular formula is C15H19NO3. The molecular weight excluding hydrogens is 242 g/mol. The van der Waals surface area contributed by atoms with Gasteiger partial charge in [-0.25, -0.2) is 0 Å². The number of hydrogen-bond acceptors (Lipinski definition) is 2. The molecule has 0 aliphatic rings. The van der Waals surface area contributed by atoms with E-state index in [9.17, 15) is 9.59 Å². The van der Waals surface area contributed by atoms with E-state index in [1.54, 1.807) is 6.08 Å². The number of carbonyl (C=O) groups is 2. The number of carbonyl (C=O) groups excluding carboxylic acids is 1. The van der Waals surface area contributed by atoms with Gasteiger partial charge < -0.3 is 10.4 Å². The van der Waals surface area contributed by atoms with E-state index in [1.807, 2.05) is 31.2 Å². The van der Waals surface area contributed by atoms with Crippen LogP contribution in [0.25, 0.3) is 6.08 Å². The van der Waals surface area contributed by atoms with Crippen molar-refractivity contribution in [3.63, 3.8) is 0 Å². The van der Waals surface area contributed by atoms with E-state index in [-0.39, 0.29) is 12.3 Å². The van der Waals surface area contributed by atoms with Crippen LogP contribution >= 0.6 is 0 Å². The first-order chi connectivity index (χ1) is 9.09. The molecule has 0 spiro atoms. The van der Waals surface area contributed by atoms with Gasteiger partial charge >= 0.3 is 5.97 Å². The highest BCUT2D eigenvalue weighted by atomic mass is 16.4. The first-order valence-corrected chi connectivity index (χ1v) is 6.33. The van der Waals surface area contributed by atoms with E-state index >= 15 is 0 Å². The highest BCUT2D eigenvalue weighted by Gasteiger charge is 1.98. The summed E-state index contributed by atoms with van der Waals surface area (Å²) in [6, 6.07) is 7.82. The summed E-state index contributed by atoms with van der Waals surface area (Å²) in [5, 5.41) is 11.2. The van der Waals surface area contributed by atoms with Gasteiger partial charge in [0.1, 0.15) is 0 Å². The molecule has 0 bridgehead atoms. The fourth-order valence-corrected chi connectivity index (χ4v) is 1.61. The number of unbranched alkanes of at least 4 members (excludes halogenated alkanes) is 1. The topological polar surface area (TPSA) is 66.4 Å². The lowest BCUT2D eigenvalue weighted by molar-refractivity contribution is -0.137. The number of aryl methyl sites for hydroxylation is 1. The molecule has 1 rings (SSSR count). The Morgan fingerprint density at radius 3 is 2.68 bits per heavy atom. The molecule has 2 N–H and O–H groups in total. The van der Waals surface area contributed by atoms with Crippen LogP contribution in [0.5, 0.6) is 0 Å². The molecule has 1 aromatic rings. The zero-order valence-corrected chi connectivity index (χ0v) is 11.1. The zero-order chi connectivity index (χ0) is 14.1. The normalized spacial score (nSPS) is 10.6. The minimum Gasteiger partial charge on any atom is -0.481 e. The molecule has 1 amide bonds. The molecule has 0 aromatic heterocycles. The molecule has 0 heterocycles. The second kappa shape index (κ2) is 8.08. The molecule has 1 aromatic carbocycles. The summed E-state index contributed by atoms with van der Waals surface area (Å²) in [4.78, 5) is 21.8. The van der Waals surface area contributed by atoms with Crippen LogP contribution in [0, 0.1) is 6.92 Å². The average molecular weight is 261 g/mol. The molecule has 4 heteroatoms. The first kappa shape index (κ1) is 15.0. The Balaban J connectivity index is 2.28. The van der Waals surface area contributed by atoms with E-state index in [2.05, 4.69) is 5.32 Å². The zero-order valence-electron chi connectivity index (χ0n) is 11.1. The fourth-order valence-electron chi connectivity index (χ4n) is 1.61. The Hall–Kier alpha value is -2.10. The van der Waals surface area contributed by atoms with Gasteiger partial charge in [-0.3, -0.25) is 9.59 Å². The lowest BCUT2D eigenvalue weighted by Gasteiger charge is -2.01. The van der Waals surface area contributed by atoms with Crippen molar-refractivity contribution in [2.45, 2.75) is 26.2 Å². The predicted octanol–water partition coefficient (Wildman–Crippen LogP) is 2.38. The van der Waals surface area contributed by atoms with Gasteiger partial charge in [0.05, 0.1) is 0 Å². The largest absolute Gasteiger partial charge is 0.481 e. The van der Waals surface area contributed by atoms with Crippen LogP contribution < -0.4 is 5.32 Å². The second-order valence-electron chi connectivity index (χ2n) is 4.33. The molecule has 0 radical (unpaired) electrons. The maximum atomic E-state index is 11.5. The van der Waals surface area contributed by atoms with Crippen LogP contribution in [0.15, 0.2) is 30.3 Å². The minimum absolute atomic E-state index is 0.148. The summed E-state index contributed by atoms with van der Waals surface area (Å²) >= 11 is 0. The summed E-state index contributed by atoms with van der Waals surface area (Å²) in [5.74, 6) is -0.954. The third kappa shape index (κ3) is 6.41. The van der Waals surface area contributed by atoms with Crippen molar-refractivity contribution in [1.29, 1.82) is 0 Å². The van der Waals surface area contributed by atoms with Gasteiger partial charge in [0.25, 0.3) is 0 Å². The summed E-state index contributed by atoms with van der Waals surface area (Å²) in [7, 11) is 0. The van der Waals surface area contributed by atoms with Gasteiger partial charge in [-0.2, -0.15) is 0 Å². The Morgan fingerprint density at radius 1 is 1.26 bits per heavy atom. The van der Waals surface area contributed by atoms with Crippen molar-refractivity contribution >= 4 is 18.0 Å². The van der Waals surface area contributed by atoms with Crippen LogP contribution in [0.3, 0.4) is 0 Å². The summed E-state index contributed by atoms with van der Waals surface area (Å²) in [6.45, 7) is 2.49. The third-order valence-corrected chi connectivity index (χ3v) is 2.72. The van der Waals surface area contributed by atoms with Crippen molar-refractivity contribution in [3.8, 4) is 0 Å². The number of benzene rings is 1. The third-order valence-electron chi connectivity index (χ3n) is 2.72. The molecule has 0 fully saturated rings. The number of hydrogen-bond donors (Lipinski definition) is 2. The molecule has 0 saturated heterocycles. The van der Waals surface area contributed by atoms with Crippen molar-refractivity contribution in [1.82, 2.24) is 5.32 Å². The highest BCUT2D eigenvalue weighted by molar-refractivity contribution is 5.91. The number of rotatable bonds is 7. The van der Waals surface area contributed by atoms with Gasteiger partial charge in [-0.05, 0) is 37.0 Å². The molecule has 19 heavy (non-hydrogen) atoms. The van der Waals surface area contributed by atoms with Crippen LogP contribution in [-0.2, 0) is 9.59 Å². The molecule has 0 unspecified atom stereocenters. The van der Waals surface area contributed by atoms with Gasteiger partial charge in [0, 0.05) is 19.0 Å². The number of carboxylic acids is 1. The van der Waals surface area contributed by atoms with Gasteiger partial charge in [0.15, 0.2) is 0 Å². The van der Waals surface area contributed by atoms with Gasteiger partial charge in [-0.15, -0.1) is 0 Å². The smallest absolute Gasteiger partial charge is 0.303 e. The Labute approximate surface area is 113 Å². The minimum atomic E-state index is -0.800. The van der Waals surface area contributed by atoms with E-state index < -0.39 is 5.97 Å². The van der Waals surface area contributed by atoms with E-state index in [1.165, 1.54) is 6.08 Å². The van der Waals surface area contributed by atoms with E-state index in [0.717, 1.165) is 11.1 Å². The Morgan fingerprint density at radius 2 is 2.00 bits per heavy atom. The predicted molar refractivity (Wildman–Crippen MR) is 74.7 cm³/mol. The van der Waals surface area contributed by atoms with Gasteiger partial charge in [0.2, 0.25) is 5.91 Å². The highest BCUT2D eigenvalue weighted by Crippen LogP contribution is 2.08. The Kier molecular flexibility index (Phi) is 6.36. The standard InChI is InChI=1S/C15H19NO3/c1-12-6-2-3-7-13(12)9-10-14(17)16-11-5-4-8-15(18)19/h2-3,6-7,9-10H,4-5,8,11H2,1H3,(H,16,17)(H,18,19). The lowest BCUT2D eigenvalue weighted by atomic mass is 10.1. The number of carboxylic acid groups (broad SMARTS) is 1. The number of nitrogens with one attached hydrogen (secondary N) is 1. The van der Waals surface area contributed by atoms with E-state index in [0.29, 0.717) is 19.4 Å². The van der Waals surface area contributed by atoms with Crippen LogP contribution in [0.1, 0.15) is 30.4 Å². The van der Waals surface area contributed by atoms with Crippen molar-refractivity contribution in [2.75, 3.05) is 6.54 Å².